The van der Waals surface area contributed by atoms with Crippen molar-refractivity contribution in [2.24, 2.45) is 0 Å². The van der Waals surface area contributed by atoms with Crippen molar-refractivity contribution in [3.05, 3.63) is 35.0 Å². The van der Waals surface area contributed by atoms with Crippen LogP contribution in [0, 0.1) is 6.92 Å². The lowest BCUT2D eigenvalue weighted by atomic mass is 10.2. The Balaban J connectivity index is 1.72. The second kappa shape index (κ2) is 4.49. The molecule has 0 aliphatic heterocycles. The molecule has 0 bridgehead atoms. The molecule has 0 radical (unpaired) electrons. The molecular weight excluding hydrogens is 232 g/mol. The van der Waals surface area contributed by atoms with Gasteiger partial charge in [-0.25, -0.2) is 9.97 Å². The van der Waals surface area contributed by atoms with E-state index in [2.05, 4.69) is 20.2 Å². The van der Waals surface area contributed by atoms with Crippen molar-refractivity contribution in [2.75, 3.05) is 0 Å². The first kappa shape index (κ1) is 10.8. The molecule has 1 aliphatic rings. The molecule has 0 saturated carbocycles. The average molecular weight is 246 g/mol. The van der Waals surface area contributed by atoms with Crippen LogP contribution in [0.2, 0.25) is 0 Å². The first-order chi connectivity index (χ1) is 8.33. The highest BCUT2D eigenvalue weighted by Crippen LogP contribution is 2.27. The molecule has 0 spiro atoms. The molecule has 1 N–H and O–H groups in total. The molecule has 4 nitrogen and oxygen atoms in total. The quantitative estimate of drug-likeness (QED) is 0.667. The Bertz CT molecular complexity index is 535. The summed E-state index contributed by atoms with van der Waals surface area (Å²) in [7, 11) is 0. The van der Waals surface area contributed by atoms with Gasteiger partial charge in [0.15, 0.2) is 0 Å². The molecule has 2 aromatic heterocycles. The summed E-state index contributed by atoms with van der Waals surface area (Å²) in [6.45, 7) is 1.98. The smallest absolute Gasteiger partial charge is 0.116 e. The van der Waals surface area contributed by atoms with Crippen LogP contribution in [0.4, 0.5) is 0 Å². The molecule has 88 valence electrons. The van der Waals surface area contributed by atoms with Gasteiger partial charge >= 0.3 is 0 Å². The van der Waals surface area contributed by atoms with Crippen LogP contribution in [0.1, 0.15) is 29.1 Å². The summed E-state index contributed by atoms with van der Waals surface area (Å²) in [5, 5.41) is 8.54. The maximum atomic E-state index is 4.39. The van der Waals surface area contributed by atoms with Gasteiger partial charge in [-0.3, -0.25) is 5.10 Å². The van der Waals surface area contributed by atoms with Gasteiger partial charge in [-0.05, 0) is 37.8 Å². The lowest BCUT2D eigenvalue weighted by molar-refractivity contribution is 0.851. The Morgan fingerprint density at radius 3 is 3.18 bits per heavy atom. The summed E-state index contributed by atoms with van der Waals surface area (Å²) in [5.74, 6) is 0.891. The monoisotopic (exact) mass is 246 g/mol. The van der Waals surface area contributed by atoms with Crippen molar-refractivity contribution in [1.29, 1.82) is 0 Å². The third-order valence-electron chi connectivity index (χ3n) is 3.03. The summed E-state index contributed by atoms with van der Waals surface area (Å²) in [6, 6.07) is 2.01. The number of aromatic amines is 1. The van der Waals surface area contributed by atoms with Crippen molar-refractivity contribution in [3.63, 3.8) is 0 Å². The number of aromatic nitrogens is 4. The van der Waals surface area contributed by atoms with Crippen LogP contribution < -0.4 is 0 Å². The number of nitrogens with zero attached hydrogens (tertiary/aromatic N) is 3. The maximum absolute atomic E-state index is 4.39. The second-order valence-electron chi connectivity index (χ2n) is 4.27. The molecule has 0 amide bonds. The van der Waals surface area contributed by atoms with Crippen LogP contribution in [0.25, 0.3) is 0 Å². The lowest BCUT2D eigenvalue weighted by Gasteiger charge is -2.00. The van der Waals surface area contributed by atoms with E-state index in [0.29, 0.717) is 0 Å². The molecule has 2 aromatic rings. The zero-order valence-corrected chi connectivity index (χ0v) is 10.5. The van der Waals surface area contributed by atoms with Crippen LogP contribution >= 0.6 is 11.8 Å². The normalized spacial score (nSPS) is 13.9. The highest BCUT2D eigenvalue weighted by Gasteiger charge is 2.18. The Labute approximate surface area is 104 Å². The van der Waals surface area contributed by atoms with E-state index in [0.717, 1.165) is 22.9 Å². The molecule has 5 heteroatoms. The molecule has 2 heterocycles. The predicted molar refractivity (Wildman–Crippen MR) is 66.9 cm³/mol. The van der Waals surface area contributed by atoms with E-state index in [1.54, 1.807) is 18.1 Å². The van der Waals surface area contributed by atoms with Crippen LogP contribution in [0.15, 0.2) is 17.4 Å². The highest BCUT2D eigenvalue weighted by molar-refractivity contribution is 7.98. The molecule has 0 atom stereocenters. The first-order valence-corrected chi connectivity index (χ1v) is 6.78. The molecule has 0 fully saturated rings. The SMILES string of the molecule is Cc1cc(SCc2n[nH]c3c2CCC3)ncn1. The van der Waals surface area contributed by atoms with Gasteiger partial charge in [-0.1, -0.05) is 11.8 Å². The molecule has 1 aliphatic carbocycles. The molecule has 0 saturated heterocycles. The third kappa shape index (κ3) is 2.20. The standard InChI is InChI=1S/C12H14N4S/c1-8-5-12(14-7-13-8)17-6-11-9-3-2-4-10(9)15-16-11/h5,7H,2-4,6H2,1H3,(H,15,16). The van der Waals surface area contributed by atoms with Crippen molar-refractivity contribution < 1.29 is 0 Å². The molecule has 0 unspecified atom stereocenters. The number of thioether (sulfide) groups is 1. The predicted octanol–water partition coefficient (Wildman–Crippen LogP) is 2.29. The van der Waals surface area contributed by atoms with Crippen molar-refractivity contribution in [2.45, 2.75) is 37.0 Å². The highest BCUT2D eigenvalue weighted by atomic mass is 32.2. The Hall–Kier alpha value is -1.36. The van der Waals surface area contributed by atoms with Crippen LogP contribution in [0.3, 0.4) is 0 Å². The number of nitrogens with one attached hydrogen (secondary N) is 1. The molecule has 17 heavy (non-hydrogen) atoms. The number of H-pyrrole nitrogens is 1. The number of hydrogen-bond acceptors (Lipinski definition) is 4. The van der Waals surface area contributed by atoms with E-state index in [1.165, 1.54) is 29.8 Å². The van der Waals surface area contributed by atoms with Crippen LogP contribution in [-0.2, 0) is 18.6 Å². The molecule has 0 aromatic carbocycles. The van der Waals surface area contributed by atoms with E-state index < -0.39 is 0 Å². The van der Waals surface area contributed by atoms with Gasteiger partial charge in [-0.15, -0.1) is 0 Å². The third-order valence-corrected chi connectivity index (χ3v) is 3.96. The van der Waals surface area contributed by atoms with Crippen molar-refractivity contribution in [3.8, 4) is 0 Å². The lowest BCUT2D eigenvalue weighted by Crippen LogP contribution is -1.90. The van der Waals surface area contributed by atoms with E-state index >= 15 is 0 Å². The van der Waals surface area contributed by atoms with Gasteiger partial charge in [0.1, 0.15) is 6.33 Å². The Morgan fingerprint density at radius 2 is 2.29 bits per heavy atom. The van der Waals surface area contributed by atoms with Gasteiger partial charge in [0.2, 0.25) is 0 Å². The molecular formula is C12H14N4S. The Morgan fingerprint density at radius 1 is 1.35 bits per heavy atom. The number of hydrogen-bond donors (Lipinski definition) is 1. The maximum Gasteiger partial charge on any atom is 0.116 e. The summed E-state index contributed by atoms with van der Waals surface area (Å²) < 4.78 is 0. The van der Waals surface area contributed by atoms with Crippen molar-refractivity contribution in [1.82, 2.24) is 20.2 Å². The summed E-state index contributed by atoms with van der Waals surface area (Å²) in [4.78, 5) is 8.34. The number of rotatable bonds is 3. The zero-order valence-electron chi connectivity index (χ0n) is 9.73. The van der Waals surface area contributed by atoms with Gasteiger partial charge in [0.25, 0.3) is 0 Å². The van der Waals surface area contributed by atoms with E-state index in [9.17, 15) is 0 Å². The number of aryl methyl sites for hydroxylation is 2. The fourth-order valence-electron chi connectivity index (χ4n) is 2.16. The first-order valence-electron chi connectivity index (χ1n) is 5.79. The minimum absolute atomic E-state index is 0.891. The van der Waals surface area contributed by atoms with Crippen LogP contribution in [0.5, 0.6) is 0 Å². The summed E-state index contributed by atoms with van der Waals surface area (Å²) in [5.41, 5.74) is 4.97. The fraction of sp³-hybridized carbons (Fsp3) is 0.417. The zero-order chi connectivity index (χ0) is 11.7. The summed E-state index contributed by atoms with van der Waals surface area (Å²) >= 11 is 1.72. The van der Waals surface area contributed by atoms with Gasteiger partial charge < -0.3 is 0 Å². The average Bonchev–Trinajstić information content (AvgIpc) is 2.89. The minimum Gasteiger partial charge on any atom is -0.282 e. The fourth-order valence-corrected chi connectivity index (χ4v) is 3.06. The second-order valence-corrected chi connectivity index (χ2v) is 5.26. The Kier molecular flexibility index (Phi) is 2.84. The summed E-state index contributed by atoms with van der Waals surface area (Å²) in [6.07, 6.45) is 5.20. The van der Waals surface area contributed by atoms with E-state index in [-0.39, 0.29) is 0 Å². The largest absolute Gasteiger partial charge is 0.282 e. The van der Waals surface area contributed by atoms with E-state index in [4.69, 9.17) is 0 Å². The molecule has 3 rings (SSSR count). The van der Waals surface area contributed by atoms with E-state index in [1.807, 2.05) is 13.0 Å². The van der Waals surface area contributed by atoms with Crippen LogP contribution in [-0.4, -0.2) is 20.2 Å². The van der Waals surface area contributed by atoms with Gasteiger partial charge in [0, 0.05) is 17.1 Å². The number of fused-ring (bicyclic) bond motifs is 1. The van der Waals surface area contributed by atoms with Gasteiger partial charge in [-0.2, -0.15) is 5.10 Å². The van der Waals surface area contributed by atoms with Crippen molar-refractivity contribution >= 4 is 11.8 Å². The topological polar surface area (TPSA) is 54.5 Å². The van der Waals surface area contributed by atoms with Gasteiger partial charge in [0.05, 0.1) is 10.7 Å². The minimum atomic E-state index is 0.891.